The molecule has 0 atom stereocenters. The van der Waals surface area contributed by atoms with E-state index in [1.165, 1.54) is 0 Å². The van der Waals surface area contributed by atoms with Gasteiger partial charge in [0, 0.05) is 10.4 Å². The molecule has 0 fully saturated rings. The van der Waals surface area contributed by atoms with Crippen LogP contribution >= 0.6 is 0 Å². The summed E-state index contributed by atoms with van der Waals surface area (Å²) >= 11 is 0. The van der Waals surface area contributed by atoms with Crippen LogP contribution in [0.1, 0.15) is 0 Å². The molecule has 0 heterocycles. The normalized spacial score (nSPS) is 8.29. The molecule has 0 unspecified atom stereocenters. The molecule has 0 N–H and O–H groups in total. The third kappa shape index (κ3) is 73.6. The summed E-state index contributed by atoms with van der Waals surface area (Å²) in [6.07, 6.45) is 0. The topological polar surface area (TPSA) is 80.3 Å². The van der Waals surface area contributed by atoms with E-state index in [1.807, 2.05) is 0 Å². The molecule has 0 aliphatic carbocycles. The molecular weight excluding hydrogens is 284 g/mol. The van der Waals surface area contributed by atoms with Crippen LogP contribution in [0.5, 0.6) is 0 Å². The van der Waals surface area contributed by atoms with Crippen molar-refractivity contribution in [2.75, 3.05) is 0 Å². The maximum absolute atomic E-state index is 8.52. The third-order valence-electron chi connectivity index (χ3n) is 0. The molecule has 0 aromatic heterocycles. The van der Waals surface area contributed by atoms with Gasteiger partial charge >= 0.3 is 63.5 Å². The fraction of sp³-hybridized carbons (Fsp3) is 0. The summed E-state index contributed by atoms with van der Waals surface area (Å²) in [4.78, 5) is 0. The molecule has 4 nitrogen and oxygen atoms in total. The number of hydrogen-bond acceptors (Lipinski definition) is 4. The number of rotatable bonds is 0. The minimum atomic E-state index is -5.17. The Morgan fingerprint density at radius 3 is 1.14 bits per heavy atom. The Hall–Kier alpha value is 1.96. The second-order valence-corrected chi connectivity index (χ2v) is 1.22. The molecule has 33 valence electrons. The van der Waals surface area contributed by atoms with Crippen molar-refractivity contribution in [2.24, 2.45) is 0 Å². The van der Waals surface area contributed by atoms with E-state index in [2.05, 4.69) is 0 Å². The Morgan fingerprint density at radius 2 is 1.14 bits per heavy atom. The Morgan fingerprint density at radius 1 is 1.14 bits per heavy atom. The second-order valence-electron chi connectivity index (χ2n) is 0.408. The fourth-order valence-electron chi connectivity index (χ4n) is 0. The van der Waals surface area contributed by atoms with Gasteiger partial charge in [-0.1, -0.05) is 0 Å². The predicted octanol–water partition coefficient (Wildman–Crippen LogP) is -1.34. The Balaban J connectivity index is -0.0000000800. The molecule has 0 aliphatic heterocycles. The zero-order valence-electron chi connectivity index (χ0n) is 3.04. The van der Waals surface area contributed by atoms with E-state index in [4.69, 9.17) is 17.5 Å². The second kappa shape index (κ2) is 6.09. The minimum absolute atomic E-state index is 0. The molecule has 0 bridgehead atoms. The van der Waals surface area contributed by atoms with Gasteiger partial charge in [-0.3, -0.25) is 8.42 Å². The Labute approximate surface area is 89.9 Å². The summed E-state index contributed by atoms with van der Waals surface area (Å²) in [5, 5.41) is 0. The Kier molecular flexibility index (Phi) is 13.9. The van der Waals surface area contributed by atoms with Gasteiger partial charge in [0.2, 0.25) is 0 Å². The SMILES string of the molecule is O=S(=O)([O-])[O-].[Ce+3].[Ti+4]. The summed E-state index contributed by atoms with van der Waals surface area (Å²) in [6, 6.07) is 0. The van der Waals surface area contributed by atoms with Gasteiger partial charge in [0.1, 0.15) is 0 Å². The fourth-order valence-corrected chi connectivity index (χ4v) is 0. The molecule has 0 saturated carbocycles. The molecule has 0 spiro atoms. The molecule has 0 saturated heterocycles. The summed E-state index contributed by atoms with van der Waals surface area (Å²) in [6.45, 7) is 0. The van der Waals surface area contributed by atoms with Crippen molar-refractivity contribution in [3.8, 4) is 0 Å². The predicted molar refractivity (Wildman–Crippen MR) is 10.5 cm³/mol. The summed E-state index contributed by atoms with van der Waals surface area (Å²) in [5.74, 6) is 0. The Bertz CT molecular complexity index is 94.9. The minimum Gasteiger partial charge on any atom is -0.759 e. The zero-order chi connectivity index (χ0) is 4.50. The molecule has 0 aromatic carbocycles. The van der Waals surface area contributed by atoms with E-state index >= 15 is 0 Å². The molecular formula is CeO4STi+5. The van der Waals surface area contributed by atoms with Crippen molar-refractivity contribution in [3.05, 3.63) is 0 Å². The largest absolute Gasteiger partial charge is 4.00 e. The van der Waals surface area contributed by atoms with E-state index in [1.54, 1.807) is 0 Å². The van der Waals surface area contributed by atoms with Crippen molar-refractivity contribution in [1.29, 1.82) is 0 Å². The van der Waals surface area contributed by atoms with E-state index in [0.717, 1.165) is 0 Å². The van der Waals surface area contributed by atoms with Crippen LogP contribution in [0.25, 0.3) is 0 Å². The molecule has 0 aliphatic rings. The first-order valence-corrected chi connectivity index (χ1v) is 2.00. The first-order chi connectivity index (χ1) is 2.00. The standard InChI is InChI=1S/Ce.H2O4S.Ti/c;1-5(2,3)4;/h;(H2,1,2,3,4);/q+3;;+4/p-2. The molecule has 0 aromatic rings. The van der Waals surface area contributed by atoms with Gasteiger partial charge < -0.3 is 9.11 Å². The van der Waals surface area contributed by atoms with E-state index in [9.17, 15) is 0 Å². The van der Waals surface area contributed by atoms with Gasteiger partial charge in [-0.2, -0.15) is 0 Å². The van der Waals surface area contributed by atoms with E-state index < -0.39 is 10.4 Å². The monoisotopic (exact) mass is 284 g/mol. The van der Waals surface area contributed by atoms with E-state index in [-0.39, 0.29) is 63.5 Å². The van der Waals surface area contributed by atoms with Gasteiger partial charge in [0.25, 0.3) is 0 Å². The molecule has 1 radical (unpaired) electrons. The average molecular weight is 284 g/mol. The van der Waals surface area contributed by atoms with Crippen LogP contribution in [0.3, 0.4) is 0 Å². The maximum atomic E-state index is 8.52. The van der Waals surface area contributed by atoms with Crippen molar-refractivity contribution in [1.82, 2.24) is 0 Å². The summed E-state index contributed by atoms with van der Waals surface area (Å²) < 4.78 is 34.1. The van der Waals surface area contributed by atoms with Crippen LogP contribution in [0.15, 0.2) is 0 Å². The van der Waals surface area contributed by atoms with E-state index in [0.29, 0.717) is 0 Å². The smallest absolute Gasteiger partial charge is 0.759 e. The van der Waals surface area contributed by atoms with Crippen molar-refractivity contribution < 1.29 is 81.0 Å². The van der Waals surface area contributed by atoms with Crippen LogP contribution in [-0.4, -0.2) is 17.5 Å². The van der Waals surface area contributed by atoms with Crippen LogP contribution in [0, 0.1) is 41.7 Å². The number of hydrogen-bond donors (Lipinski definition) is 0. The molecule has 7 heteroatoms. The van der Waals surface area contributed by atoms with Crippen LogP contribution in [0.2, 0.25) is 0 Å². The van der Waals surface area contributed by atoms with Crippen LogP contribution in [-0.2, 0) is 32.1 Å². The maximum Gasteiger partial charge on any atom is 4.00 e. The van der Waals surface area contributed by atoms with Gasteiger partial charge in [-0.15, -0.1) is 0 Å². The average Bonchev–Trinajstić information content (AvgIpc) is 0.722. The molecule has 0 rings (SSSR count). The van der Waals surface area contributed by atoms with Crippen molar-refractivity contribution in [3.63, 3.8) is 0 Å². The first-order valence-electron chi connectivity index (χ1n) is 0.667. The molecule has 7 heavy (non-hydrogen) atoms. The summed E-state index contributed by atoms with van der Waals surface area (Å²) in [5.41, 5.74) is 0. The van der Waals surface area contributed by atoms with Crippen molar-refractivity contribution >= 4 is 10.4 Å². The zero-order valence-corrected chi connectivity index (χ0v) is 8.56. The van der Waals surface area contributed by atoms with Crippen LogP contribution in [0.4, 0.5) is 0 Å². The first kappa shape index (κ1) is 16.0. The van der Waals surface area contributed by atoms with Gasteiger partial charge in [-0.25, -0.2) is 0 Å². The quantitative estimate of drug-likeness (QED) is 0.313. The van der Waals surface area contributed by atoms with Gasteiger partial charge in [-0.05, 0) is 0 Å². The van der Waals surface area contributed by atoms with Crippen molar-refractivity contribution in [2.45, 2.75) is 0 Å². The van der Waals surface area contributed by atoms with Gasteiger partial charge in [0.15, 0.2) is 0 Å². The summed E-state index contributed by atoms with van der Waals surface area (Å²) in [7, 11) is -5.17. The van der Waals surface area contributed by atoms with Gasteiger partial charge in [0.05, 0.1) is 0 Å². The third-order valence-corrected chi connectivity index (χ3v) is 0. The molecule has 0 amide bonds. The van der Waals surface area contributed by atoms with Crippen LogP contribution < -0.4 is 0 Å².